The molecule has 3 rings (SSSR count). The van der Waals surface area contributed by atoms with Crippen LogP contribution in [0.2, 0.25) is 0 Å². The maximum absolute atomic E-state index is 12.1. The third-order valence-electron chi connectivity index (χ3n) is 3.82. The highest BCUT2D eigenvalue weighted by molar-refractivity contribution is 5.95. The van der Waals surface area contributed by atoms with Crippen LogP contribution in [0.15, 0.2) is 30.9 Å². The van der Waals surface area contributed by atoms with Crippen LogP contribution in [0.25, 0.3) is 0 Å². The number of carbonyl (C=O) groups excluding carboxylic acids is 1. The molecule has 0 saturated heterocycles. The Kier molecular flexibility index (Phi) is 3.85. The fraction of sp³-hybridized carbons (Fsp3) is 0.467. The Bertz CT molecular complexity index is 573. The first-order chi connectivity index (χ1) is 9.83. The molecule has 0 bridgehead atoms. The van der Waals surface area contributed by atoms with Crippen molar-refractivity contribution >= 4 is 5.78 Å². The van der Waals surface area contributed by atoms with Gasteiger partial charge in [-0.1, -0.05) is 19.3 Å². The predicted molar refractivity (Wildman–Crippen MR) is 74.4 cm³/mol. The fourth-order valence-electron chi connectivity index (χ4n) is 2.73. The lowest BCUT2D eigenvalue weighted by atomic mass is 9.96. The molecule has 0 spiro atoms. The molecule has 0 aromatic carbocycles. The van der Waals surface area contributed by atoms with Gasteiger partial charge in [0.2, 0.25) is 0 Å². The van der Waals surface area contributed by atoms with Crippen molar-refractivity contribution in [2.75, 3.05) is 0 Å². The van der Waals surface area contributed by atoms with Gasteiger partial charge in [0.15, 0.2) is 5.78 Å². The van der Waals surface area contributed by atoms with Gasteiger partial charge in [0.1, 0.15) is 12.0 Å². The Labute approximate surface area is 118 Å². The van der Waals surface area contributed by atoms with Gasteiger partial charge in [0, 0.05) is 12.4 Å². The highest BCUT2D eigenvalue weighted by atomic mass is 16.1. The van der Waals surface area contributed by atoms with Crippen molar-refractivity contribution < 1.29 is 4.79 Å². The summed E-state index contributed by atoms with van der Waals surface area (Å²) in [6, 6.07) is 4.08. The second kappa shape index (κ2) is 5.94. The molecule has 0 amide bonds. The summed E-state index contributed by atoms with van der Waals surface area (Å²) in [5.41, 5.74) is 1.27. The normalized spacial score (nSPS) is 16.2. The quantitative estimate of drug-likeness (QED) is 0.801. The smallest absolute Gasteiger partial charge is 0.187 e. The standard InChI is InChI=1S/C15H18N4O/c20-15(14-6-8-16-11-17-14)10-12-7-9-19(18-12)13-4-2-1-3-5-13/h6-9,11,13H,1-5,10H2. The van der Waals surface area contributed by atoms with E-state index in [1.807, 2.05) is 16.9 Å². The van der Waals surface area contributed by atoms with Gasteiger partial charge >= 0.3 is 0 Å². The minimum absolute atomic E-state index is 0.0127. The van der Waals surface area contributed by atoms with E-state index in [9.17, 15) is 4.79 Å². The van der Waals surface area contributed by atoms with E-state index in [1.54, 1.807) is 12.3 Å². The number of Topliss-reactive ketones (excluding diaryl/α,β-unsaturated/α-hetero) is 1. The van der Waals surface area contributed by atoms with Crippen LogP contribution in [0.3, 0.4) is 0 Å². The number of aromatic nitrogens is 4. The summed E-state index contributed by atoms with van der Waals surface area (Å²) >= 11 is 0. The Morgan fingerprint density at radius 2 is 2.10 bits per heavy atom. The van der Waals surface area contributed by atoms with E-state index in [0.717, 1.165) is 5.69 Å². The van der Waals surface area contributed by atoms with Gasteiger partial charge in [-0.2, -0.15) is 5.10 Å². The lowest BCUT2D eigenvalue weighted by molar-refractivity contribution is 0.0986. The monoisotopic (exact) mass is 270 g/mol. The summed E-state index contributed by atoms with van der Waals surface area (Å²) in [6.07, 6.45) is 11.6. The molecular formula is C15H18N4O. The van der Waals surface area contributed by atoms with Crippen LogP contribution in [0.4, 0.5) is 0 Å². The fourth-order valence-corrected chi connectivity index (χ4v) is 2.73. The Balaban J connectivity index is 1.66. The summed E-state index contributed by atoms with van der Waals surface area (Å²) in [7, 11) is 0. The molecule has 5 nitrogen and oxygen atoms in total. The molecule has 104 valence electrons. The van der Waals surface area contributed by atoms with Crippen molar-refractivity contribution in [3.05, 3.63) is 42.2 Å². The maximum Gasteiger partial charge on any atom is 0.187 e. The first-order valence-electron chi connectivity index (χ1n) is 7.16. The molecule has 1 fully saturated rings. The van der Waals surface area contributed by atoms with Gasteiger partial charge in [0.05, 0.1) is 18.2 Å². The topological polar surface area (TPSA) is 60.7 Å². The van der Waals surface area contributed by atoms with Crippen molar-refractivity contribution in [1.29, 1.82) is 0 Å². The molecule has 2 heterocycles. The van der Waals surface area contributed by atoms with E-state index >= 15 is 0 Å². The van der Waals surface area contributed by atoms with E-state index < -0.39 is 0 Å². The van der Waals surface area contributed by atoms with E-state index in [2.05, 4.69) is 15.1 Å². The van der Waals surface area contributed by atoms with Gasteiger partial charge in [-0.3, -0.25) is 9.48 Å². The zero-order valence-electron chi connectivity index (χ0n) is 11.4. The number of rotatable bonds is 4. The van der Waals surface area contributed by atoms with Crippen molar-refractivity contribution in [3.63, 3.8) is 0 Å². The minimum atomic E-state index is -0.0127. The minimum Gasteiger partial charge on any atom is -0.292 e. The second-order valence-corrected chi connectivity index (χ2v) is 5.27. The number of ketones is 1. The number of hydrogen-bond acceptors (Lipinski definition) is 4. The Morgan fingerprint density at radius 1 is 1.25 bits per heavy atom. The van der Waals surface area contributed by atoms with Crippen molar-refractivity contribution in [2.45, 2.75) is 44.6 Å². The van der Waals surface area contributed by atoms with Crippen molar-refractivity contribution in [3.8, 4) is 0 Å². The third kappa shape index (κ3) is 2.92. The zero-order chi connectivity index (χ0) is 13.8. The molecular weight excluding hydrogens is 252 g/mol. The van der Waals surface area contributed by atoms with Gasteiger partial charge < -0.3 is 0 Å². The van der Waals surface area contributed by atoms with Crippen LogP contribution in [0.1, 0.15) is 54.3 Å². The average molecular weight is 270 g/mol. The lowest BCUT2D eigenvalue weighted by Crippen LogP contribution is -2.14. The molecule has 0 atom stereocenters. The molecule has 5 heteroatoms. The van der Waals surface area contributed by atoms with Gasteiger partial charge in [0.25, 0.3) is 0 Å². The Hall–Kier alpha value is -2.04. The van der Waals surface area contributed by atoms with Crippen LogP contribution in [-0.2, 0) is 6.42 Å². The Morgan fingerprint density at radius 3 is 2.85 bits per heavy atom. The maximum atomic E-state index is 12.1. The molecule has 1 aliphatic carbocycles. The van der Waals surface area contributed by atoms with E-state index in [1.165, 1.54) is 38.4 Å². The lowest BCUT2D eigenvalue weighted by Gasteiger charge is -2.21. The van der Waals surface area contributed by atoms with Crippen LogP contribution in [0, 0.1) is 0 Å². The first kappa shape index (κ1) is 13.0. The second-order valence-electron chi connectivity index (χ2n) is 5.27. The zero-order valence-corrected chi connectivity index (χ0v) is 11.4. The van der Waals surface area contributed by atoms with Gasteiger partial charge in [-0.15, -0.1) is 0 Å². The van der Waals surface area contributed by atoms with E-state index in [4.69, 9.17) is 0 Å². The van der Waals surface area contributed by atoms with Crippen molar-refractivity contribution in [2.24, 2.45) is 0 Å². The number of carbonyl (C=O) groups is 1. The largest absolute Gasteiger partial charge is 0.292 e. The SMILES string of the molecule is O=C(Cc1ccn(C2CCCCC2)n1)c1ccncn1. The summed E-state index contributed by atoms with van der Waals surface area (Å²) < 4.78 is 2.03. The number of nitrogens with zero attached hydrogens (tertiary/aromatic N) is 4. The van der Waals surface area contributed by atoms with E-state index in [0.29, 0.717) is 18.2 Å². The molecule has 0 radical (unpaired) electrons. The summed E-state index contributed by atoms with van der Waals surface area (Å²) in [5, 5.41) is 4.55. The molecule has 1 aliphatic rings. The summed E-state index contributed by atoms with van der Waals surface area (Å²) in [5.74, 6) is -0.0127. The van der Waals surface area contributed by atoms with Crippen LogP contribution >= 0.6 is 0 Å². The first-order valence-corrected chi connectivity index (χ1v) is 7.16. The van der Waals surface area contributed by atoms with Crippen LogP contribution in [0.5, 0.6) is 0 Å². The molecule has 0 unspecified atom stereocenters. The highest BCUT2D eigenvalue weighted by Crippen LogP contribution is 2.27. The van der Waals surface area contributed by atoms with E-state index in [-0.39, 0.29) is 5.78 Å². The van der Waals surface area contributed by atoms with Crippen LogP contribution in [-0.4, -0.2) is 25.5 Å². The summed E-state index contributed by atoms with van der Waals surface area (Å²) in [6.45, 7) is 0. The average Bonchev–Trinajstić information content (AvgIpc) is 2.97. The molecule has 1 saturated carbocycles. The molecule has 0 aliphatic heterocycles. The van der Waals surface area contributed by atoms with Gasteiger partial charge in [-0.05, 0) is 25.0 Å². The third-order valence-corrected chi connectivity index (χ3v) is 3.82. The van der Waals surface area contributed by atoms with Gasteiger partial charge in [-0.25, -0.2) is 9.97 Å². The van der Waals surface area contributed by atoms with Crippen LogP contribution < -0.4 is 0 Å². The summed E-state index contributed by atoms with van der Waals surface area (Å²) in [4.78, 5) is 19.9. The highest BCUT2D eigenvalue weighted by Gasteiger charge is 2.17. The molecule has 0 N–H and O–H groups in total. The molecule has 2 aromatic rings. The van der Waals surface area contributed by atoms with Crippen molar-refractivity contribution in [1.82, 2.24) is 19.7 Å². The number of hydrogen-bond donors (Lipinski definition) is 0. The molecule has 2 aromatic heterocycles. The predicted octanol–water partition coefficient (Wildman–Crippen LogP) is 2.60. The molecule has 20 heavy (non-hydrogen) atoms.